The van der Waals surface area contributed by atoms with Gasteiger partial charge in [0, 0.05) is 27.5 Å². The van der Waals surface area contributed by atoms with Crippen LogP contribution in [0, 0.1) is 0 Å². The Labute approximate surface area is 307 Å². The van der Waals surface area contributed by atoms with Gasteiger partial charge >= 0.3 is 0 Å². The zero-order valence-corrected chi connectivity index (χ0v) is 29.3. The molecule has 0 saturated carbocycles. The largest absolute Gasteiger partial charge is 0.464 e. The van der Waals surface area contributed by atoms with E-state index in [2.05, 4.69) is 165 Å². The van der Waals surface area contributed by atoms with E-state index in [1.54, 1.807) is 6.26 Å². The van der Waals surface area contributed by atoms with E-state index in [4.69, 9.17) is 8.83 Å². The Morgan fingerprint density at radius 3 is 1.70 bits per heavy atom. The summed E-state index contributed by atoms with van der Waals surface area (Å²) in [6.45, 7) is 6.41. The van der Waals surface area contributed by atoms with Crippen molar-refractivity contribution in [1.29, 1.82) is 0 Å². The third-order valence-corrected chi connectivity index (χ3v) is 10.7. The van der Waals surface area contributed by atoms with Crippen molar-refractivity contribution < 1.29 is 8.83 Å². The molecule has 2 heteroatoms. The fraction of sp³-hybridized carbons (Fsp3) is 0.0196. The number of hydrogen-bond donors (Lipinski definition) is 0. The van der Waals surface area contributed by atoms with Crippen molar-refractivity contribution in [2.45, 2.75) is 6.92 Å². The Kier molecular flexibility index (Phi) is 7.23. The molecular weight excluding hydrogens is 645 g/mol. The topological polar surface area (TPSA) is 26.3 Å². The van der Waals surface area contributed by atoms with Crippen LogP contribution in [0.1, 0.15) is 18.1 Å². The minimum absolute atomic E-state index is 0.856. The van der Waals surface area contributed by atoms with Crippen LogP contribution in [0.3, 0.4) is 0 Å². The highest BCUT2D eigenvalue weighted by atomic mass is 16.3. The molecule has 0 spiro atoms. The molecule has 8 aromatic carbocycles. The molecule has 0 unspecified atom stereocenters. The molecule has 2 heterocycles. The minimum atomic E-state index is 0.856. The van der Waals surface area contributed by atoms with Crippen LogP contribution >= 0.6 is 0 Å². The van der Waals surface area contributed by atoms with Crippen molar-refractivity contribution in [2.75, 3.05) is 0 Å². The summed E-state index contributed by atoms with van der Waals surface area (Å²) >= 11 is 0. The maximum Gasteiger partial charge on any atom is 0.143 e. The fourth-order valence-electron chi connectivity index (χ4n) is 8.51. The average molecular weight is 679 g/mol. The van der Waals surface area contributed by atoms with Gasteiger partial charge in [-0.15, -0.1) is 0 Å². The highest BCUT2D eigenvalue weighted by Gasteiger charge is 2.23. The van der Waals surface area contributed by atoms with Gasteiger partial charge in [0.2, 0.25) is 0 Å². The van der Waals surface area contributed by atoms with Crippen molar-refractivity contribution >= 4 is 66.4 Å². The lowest BCUT2D eigenvalue weighted by molar-refractivity contribution is 0.583. The number of allylic oxidation sites excluding steroid dienone is 1. The van der Waals surface area contributed by atoms with Gasteiger partial charge in [-0.2, -0.15) is 0 Å². The Morgan fingerprint density at radius 1 is 0.472 bits per heavy atom. The first-order valence-electron chi connectivity index (χ1n) is 18.1. The number of fused-ring (bicyclic) bond motifs is 6. The van der Waals surface area contributed by atoms with Crippen LogP contribution in [0.4, 0.5) is 0 Å². The molecule has 0 amide bonds. The molecular formula is C51H34O2. The number of para-hydroxylation sites is 1. The summed E-state index contributed by atoms with van der Waals surface area (Å²) in [6.07, 6.45) is 8.08. The zero-order chi connectivity index (χ0) is 35.5. The molecule has 0 bridgehead atoms. The third-order valence-electron chi connectivity index (χ3n) is 10.7. The van der Waals surface area contributed by atoms with Gasteiger partial charge in [-0.3, -0.25) is 0 Å². The third kappa shape index (κ3) is 4.73. The van der Waals surface area contributed by atoms with Gasteiger partial charge in [0.05, 0.1) is 6.26 Å². The van der Waals surface area contributed by atoms with Crippen LogP contribution in [-0.2, 0) is 0 Å². The molecule has 0 saturated heterocycles. The Balaban J connectivity index is 1.25. The van der Waals surface area contributed by atoms with Crippen LogP contribution in [0.25, 0.3) is 111 Å². The molecule has 10 aromatic rings. The normalized spacial score (nSPS) is 11.9. The van der Waals surface area contributed by atoms with Crippen molar-refractivity contribution in [1.82, 2.24) is 0 Å². The molecule has 2 aromatic heterocycles. The Morgan fingerprint density at radius 2 is 1.08 bits per heavy atom. The van der Waals surface area contributed by atoms with Gasteiger partial charge in [0.1, 0.15) is 16.9 Å². The summed E-state index contributed by atoms with van der Waals surface area (Å²) in [5.41, 5.74) is 11.9. The van der Waals surface area contributed by atoms with E-state index in [9.17, 15) is 0 Å². The van der Waals surface area contributed by atoms with E-state index >= 15 is 0 Å². The van der Waals surface area contributed by atoms with E-state index in [0.29, 0.717) is 0 Å². The van der Waals surface area contributed by atoms with E-state index < -0.39 is 0 Å². The second-order valence-corrected chi connectivity index (χ2v) is 13.5. The second kappa shape index (κ2) is 12.4. The molecule has 0 fully saturated rings. The zero-order valence-electron chi connectivity index (χ0n) is 29.3. The highest BCUT2D eigenvalue weighted by molar-refractivity contribution is 6.22. The van der Waals surface area contributed by atoms with Crippen molar-refractivity contribution in [3.63, 3.8) is 0 Å². The summed E-state index contributed by atoms with van der Waals surface area (Å²) in [5.74, 6) is 0.866. The molecule has 2 nitrogen and oxygen atoms in total. The Hall–Kier alpha value is -6.90. The van der Waals surface area contributed by atoms with E-state index in [1.165, 1.54) is 38.2 Å². The molecule has 0 atom stereocenters. The summed E-state index contributed by atoms with van der Waals surface area (Å²) < 4.78 is 13.0. The lowest BCUT2D eigenvalue weighted by Gasteiger charge is -2.20. The van der Waals surface area contributed by atoms with E-state index in [-0.39, 0.29) is 0 Å². The van der Waals surface area contributed by atoms with Gasteiger partial charge < -0.3 is 8.83 Å². The minimum Gasteiger partial charge on any atom is -0.464 e. The first-order valence-corrected chi connectivity index (χ1v) is 18.1. The molecule has 53 heavy (non-hydrogen) atoms. The van der Waals surface area contributed by atoms with E-state index in [0.717, 1.165) is 71.9 Å². The summed E-state index contributed by atoms with van der Waals surface area (Å²) in [4.78, 5) is 0. The molecule has 10 rings (SSSR count). The van der Waals surface area contributed by atoms with Crippen molar-refractivity contribution in [3.8, 4) is 44.7 Å². The van der Waals surface area contributed by atoms with Gasteiger partial charge in [-0.25, -0.2) is 0 Å². The molecule has 250 valence electrons. The molecule has 0 aliphatic heterocycles. The Bertz CT molecular complexity index is 3010. The van der Waals surface area contributed by atoms with Crippen molar-refractivity contribution in [2.24, 2.45) is 0 Å². The average Bonchev–Trinajstić information content (AvgIpc) is 3.88. The van der Waals surface area contributed by atoms with Crippen LogP contribution in [0.2, 0.25) is 0 Å². The number of furan rings is 2. The monoisotopic (exact) mass is 678 g/mol. The lowest BCUT2D eigenvalue weighted by Crippen LogP contribution is -1.96. The standard InChI is InChI=1S/C51H34O2/c1-3-16-36-34(4-2)47(32-17-6-5-7-18-32)37-19-8-11-22-40(37)49(36)44-26-14-25-43-35-29-28-33(31-46(35)53-51(43)44)48-38-20-9-12-23-41(38)50(45-27-15-30-52-45)42-24-13-10-21-39(42)48/h3-31H,2H2,1H3/b16-3-. The smallest absolute Gasteiger partial charge is 0.143 e. The lowest BCUT2D eigenvalue weighted by atomic mass is 9.83. The SMILES string of the molecule is C=Cc1c(/C=C\C)c(-c2cccc3c2oc2cc(-c4c5ccccc5c(-c5ccco5)c5ccccc45)ccc23)c2ccccc2c1-c1ccccc1. The summed E-state index contributed by atoms with van der Waals surface area (Å²) in [5, 5.41) is 9.20. The van der Waals surface area contributed by atoms with Crippen LogP contribution in [0.5, 0.6) is 0 Å². The number of rotatable bonds is 6. The van der Waals surface area contributed by atoms with Gasteiger partial charge in [0.25, 0.3) is 0 Å². The highest BCUT2D eigenvalue weighted by Crippen LogP contribution is 2.48. The molecule has 0 radical (unpaired) electrons. The number of benzene rings is 8. The van der Waals surface area contributed by atoms with Crippen molar-refractivity contribution in [3.05, 3.63) is 182 Å². The molecule has 0 aliphatic rings. The van der Waals surface area contributed by atoms with Gasteiger partial charge in [0.15, 0.2) is 0 Å². The van der Waals surface area contributed by atoms with Crippen LogP contribution in [-0.4, -0.2) is 0 Å². The second-order valence-electron chi connectivity index (χ2n) is 13.5. The van der Waals surface area contributed by atoms with Crippen LogP contribution < -0.4 is 0 Å². The predicted octanol–water partition coefficient (Wildman–Crippen LogP) is 15.0. The van der Waals surface area contributed by atoms with E-state index in [1.807, 2.05) is 18.2 Å². The van der Waals surface area contributed by atoms with Gasteiger partial charge in [-0.05, 0) is 96.9 Å². The maximum absolute atomic E-state index is 7.01. The number of hydrogen-bond acceptors (Lipinski definition) is 2. The fourth-order valence-corrected chi connectivity index (χ4v) is 8.51. The summed E-state index contributed by atoms with van der Waals surface area (Å²) in [6, 6.07) is 53.8. The first-order chi connectivity index (χ1) is 26.2. The quantitative estimate of drug-likeness (QED) is 0.164. The molecule has 0 N–H and O–H groups in total. The molecule has 0 aliphatic carbocycles. The van der Waals surface area contributed by atoms with Gasteiger partial charge in [-0.1, -0.05) is 152 Å². The predicted molar refractivity (Wildman–Crippen MR) is 225 cm³/mol. The first kappa shape index (κ1) is 30.9. The summed E-state index contributed by atoms with van der Waals surface area (Å²) in [7, 11) is 0. The van der Waals surface area contributed by atoms with Crippen LogP contribution in [0.15, 0.2) is 179 Å². The maximum atomic E-state index is 7.01.